The summed E-state index contributed by atoms with van der Waals surface area (Å²) in [4.78, 5) is 17.2. The van der Waals surface area contributed by atoms with Gasteiger partial charge in [0.1, 0.15) is 5.75 Å². The fourth-order valence-corrected chi connectivity index (χ4v) is 5.56. The largest absolute Gasteiger partial charge is 0.496 e. The zero-order valence-corrected chi connectivity index (χ0v) is 18.0. The van der Waals surface area contributed by atoms with Crippen LogP contribution in [0.4, 0.5) is 5.13 Å². The molecular weight excluding hydrogens is 422 g/mol. The lowest BCUT2D eigenvalue weighted by Gasteiger charge is -2.15. The number of amides is 1. The third-order valence-corrected chi connectivity index (χ3v) is 7.60. The molecule has 30 heavy (non-hydrogen) atoms. The number of hydrogen-bond donors (Lipinski definition) is 1. The number of nitrogens with zero attached hydrogens (tertiary/aromatic N) is 2. The predicted octanol–water partition coefficient (Wildman–Crippen LogP) is 3.86. The number of thiazole rings is 1. The molecule has 0 radical (unpaired) electrons. The van der Waals surface area contributed by atoms with Crippen molar-refractivity contribution in [2.24, 2.45) is 0 Å². The molecule has 9 heteroatoms. The molecule has 1 aliphatic rings. The van der Waals surface area contributed by atoms with Gasteiger partial charge in [0.25, 0.3) is 5.91 Å². The summed E-state index contributed by atoms with van der Waals surface area (Å²) in [6, 6.07) is 13.5. The molecule has 0 aliphatic carbocycles. The van der Waals surface area contributed by atoms with Crippen LogP contribution in [0.15, 0.2) is 58.8 Å². The van der Waals surface area contributed by atoms with Crippen molar-refractivity contribution in [3.63, 3.8) is 0 Å². The second kappa shape index (κ2) is 8.55. The van der Waals surface area contributed by atoms with E-state index in [0.29, 0.717) is 35.2 Å². The highest BCUT2D eigenvalue weighted by Gasteiger charge is 2.27. The van der Waals surface area contributed by atoms with E-state index in [1.54, 1.807) is 7.11 Å². The van der Waals surface area contributed by atoms with E-state index in [1.807, 2.05) is 29.6 Å². The minimum Gasteiger partial charge on any atom is -0.496 e. The van der Waals surface area contributed by atoms with Crippen molar-refractivity contribution in [3.05, 3.63) is 59.5 Å². The first-order valence-corrected chi connectivity index (χ1v) is 11.8. The first-order chi connectivity index (χ1) is 14.5. The van der Waals surface area contributed by atoms with Crippen LogP contribution < -0.4 is 10.1 Å². The van der Waals surface area contributed by atoms with Gasteiger partial charge in [0.15, 0.2) is 5.13 Å². The van der Waals surface area contributed by atoms with Crippen molar-refractivity contribution < 1.29 is 17.9 Å². The number of nitrogens with one attached hydrogen (secondary N) is 1. The number of ether oxygens (including phenoxy) is 1. The van der Waals surface area contributed by atoms with Crippen LogP contribution in [0.3, 0.4) is 0 Å². The Morgan fingerprint density at radius 3 is 2.50 bits per heavy atom. The molecule has 156 valence electrons. The van der Waals surface area contributed by atoms with Gasteiger partial charge in [0, 0.05) is 29.6 Å². The Hall–Kier alpha value is -2.75. The van der Waals surface area contributed by atoms with E-state index < -0.39 is 10.0 Å². The summed E-state index contributed by atoms with van der Waals surface area (Å²) < 4.78 is 32.0. The second-order valence-corrected chi connectivity index (χ2v) is 9.62. The molecule has 7 nitrogen and oxygen atoms in total. The lowest BCUT2D eigenvalue weighted by Crippen LogP contribution is -2.27. The molecule has 0 bridgehead atoms. The van der Waals surface area contributed by atoms with Gasteiger partial charge >= 0.3 is 0 Å². The van der Waals surface area contributed by atoms with Crippen LogP contribution in [-0.2, 0) is 10.0 Å². The average molecular weight is 444 g/mol. The molecule has 2 aromatic carbocycles. The van der Waals surface area contributed by atoms with Crippen LogP contribution in [0.2, 0.25) is 0 Å². The standard InChI is InChI=1S/C21H21N3O4S2/c1-28-19-7-3-2-6-17(19)18-14-29-21(22-18)23-20(25)15-8-10-16(11-9-15)30(26,27)24-12-4-5-13-24/h2-3,6-11,14H,4-5,12-13H2,1H3,(H,22,23,25). The molecule has 2 heterocycles. The Bertz CT molecular complexity index is 1150. The minimum absolute atomic E-state index is 0.202. The van der Waals surface area contributed by atoms with Gasteiger partial charge in [-0.25, -0.2) is 13.4 Å². The Labute approximate surface area is 179 Å². The number of benzene rings is 2. The SMILES string of the molecule is COc1ccccc1-c1csc(NC(=O)c2ccc(S(=O)(=O)N3CCCC3)cc2)n1. The number of rotatable bonds is 6. The molecule has 0 unspecified atom stereocenters. The lowest BCUT2D eigenvalue weighted by molar-refractivity contribution is 0.102. The van der Waals surface area contributed by atoms with Gasteiger partial charge in [-0.05, 0) is 49.2 Å². The number of carbonyl (C=O) groups is 1. The van der Waals surface area contributed by atoms with Crippen LogP contribution in [-0.4, -0.2) is 43.8 Å². The van der Waals surface area contributed by atoms with Gasteiger partial charge in [0.2, 0.25) is 10.0 Å². The number of hydrogen-bond acceptors (Lipinski definition) is 6. The normalized spacial score (nSPS) is 14.6. The van der Waals surface area contributed by atoms with Gasteiger partial charge < -0.3 is 4.74 Å². The molecule has 1 aliphatic heterocycles. The van der Waals surface area contributed by atoms with Crippen LogP contribution in [0.1, 0.15) is 23.2 Å². The van der Waals surface area contributed by atoms with Crippen molar-refractivity contribution in [3.8, 4) is 17.0 Å². The molecule has 0 atom stereocenters. The summed E-state index contributed by atoms with van der Waals surface area (Å²) in [7, 11) is -1.90. The monoisotopic (exact) mass is 443 g/mol. The molecule has 1 fully saturated rings. The van der Waals surface area contributed by atoms with E-state index in [-0.39, 0.29) is 10.8 Å². The molecule has 3 aromatic rings. The molecule has 4 rings (SSSR count). The zero-order valence-electron chi connectivity index (χ0n) is 16.4. The summed E-state index contributed by atoms with van der Waals surface area (Å²) in [5, 5.41) is 5.07. The maximum atomic E-state index is 12.6. The zero-order chi connectivity index (χ0) is 21.1. The molecule has 1 aromatic heterocycles. The van der Waals surface area contributed by atoms with Crippen molar-refractivity contribution in [2.75, 3.05) is 25.5 Å². The summed E-state index contributed by atoms with van der Waals surface area (Å²) >= 11 is 1.31. The summed E-state index contributed by atoms with van der Waals surface area (Å²) in [5.74, 6) is 0.358. The van der Waals surface area contributed by atoms with E-state index in [0.717, 1.165) is 18.4 Å². The Morgan fingerprint density at radius 2 is 1.80 bits per heavy atom. The van der Waals surface area contributed by atoms with E-state index in [9.17, 15) is 13.2 Å². The number of sulfonamides is 1. The molecule has 0 spiro atoms. The third kappa shape index (κ3) is 4.09. The van der Waals surface area contributed by atoms with Gasteiger partial charge in [0.05, 0.1) is 17.7 Å². The lowest BCUT2D eigenvalue weighted by atomic mass is 10.1. The number of carbonyl (C=O) groups excluding carboxylic acids is 1. The number of anilines is 1. The van der Waals surface area contributed by atoms with E-state index in [4.69, 9.17) is 4.74 Å². The highest BCUT2D eigenvalue weighted by atomic mass is 32.2. The van der Waals surface area contributed by atoms with Gasteiger partial charge in [-0.3, -0.25) is 10.1 Å². The number of methoxy groups -OCH3 is 1. The highest BCUT2D eigenvalue weighted by Crippen LogP contribution is 2.32. The van der Waals surface area contributed by atoms with Crippen molar-refractivity contribution >= 4 is 32.4 Å². The van der Waals surface area contributed by atoms with Gasteiger partial charge in [-0.2, -0.15) is 4.31 Å². The average Bonchev–Trinajstić information content (AvgIpc) is 3.46. The second-order valence-electron chi connectivity index (χ2n) is 6.83. The smallest absolute Gasteiger partial charge is 0.257 e. The first-order valence-electron chi connectivity index (χ1n) is 9.49. The number of para-hydroxylation sites is 1. The van der Waals surface area contributed by atoms with Crippen LogP contribution >= 0.6 is 11.3 Å². The van der Waals surface area contributed by atoms with Crippen LogP contribution in [0, 0.1) is 0 Å². The van der Waals surface area contributed by atoms with E-state index in [2.05, 4.69) is 10.3 Å². The fraction of sp³-hybridized carbons (Fsp3) is 0.238. The van der Waals surface area contributed by atoms with Crippen molar-refractivity contribution in [2.45, 2.75) is 17.7 Å². The highest BCUT2D eigenvalue weighted by molar-refractivity contribution is 7.89. The maximum absolute atomic E-state index is 12.6. The van der Waals surface area contributed by atoms with Crippen molar-refractivity contribution in [1.29, 1.82) is 0 Å². The summed E-state index contributed by atoms with van der Waals surface area (Å²) in [6.07, 6.45) is 1.76. The summed E-state index contributed by atoms with van der Waals surface area (Å²) in [6.45, 7) is 1.09. The number of aromatic nitrogens is 1. The summed E-state index contributed by atoms with van der Waals surface area (Å²) in [5.41, 5.74) is 1.91. The molecular formula is C21H21N3O4S2. The molecule has 1 N–H and O–H groups in total. The van der Waals surface area contributed by atoms with Gasteiger partial charge in [-0.15, -0.1) is 11.3 Å². The third-order valence-electron chi connectivity index (χ3n) is 4.93. The Morgan fingerprint density at radius 1 is 1.10 bits per heavy atom. The minimum atomic E-state index is -3.49. The Kier molecular flexibility index (Phi) is 5.85. The van der Waals surface area contributed by atoms with Crippen molar-refractivity contribution in [1.82, 2.24) is 9.29 Å². The maximum Gasteiger partial charge on any atom is 0.257 e. The van der Waals surface area contributed by atoms with E-state index in [1.165, 1.54) is 39.9 Å². The predicted molar refractivity (Wildman–Crippen MR) is 116 cm³/mol. The topological polar surface area (TPSA) is 88.6 Å². The molecule has 1 amide bonds. The van der Waals surface area contributed by atoms with E-state index >= 15 is 0 Å². The quantitative estimate of drug-likeness (QED) is 0.625. The van der Waals surface area contributed by atoms with Crippen LogP contribution in [0.25, 0.3) is 11.3 Å². The fourth-order valence-electron chi connectivity index (χ4n) is 3.34. The van der Waals surface area contributed by atoms with Crippen LogP contribution in [0.5, 0.6) is 5.75 Å². The Balaban J connectivity index is 1.48. The molecule has 0 saturated carbocycles. The molecule has 1 saturated heterocycles. The van der Waals surface area contributed by atoms with Gasteiger partial charge in [-0.1, -0.05) is 12.1 Å². The first kappa shape index (κ1) is 20.5.